The van der Waals surface area contributed by atoms with Crippen molar-refractivity contribution in [1.29, 1.82) is 0 Å². The van der Waals surface area contributed by atoms with Crippen LogP contribution >= 0.6 is 0 Å². The quantitative estimate of drug-likeness (QED) is 0.909. The van der Waals surface area contributed by atoms with E-state index < -0.39 is 0 Å². The molecule has 0 bridgehead atoms. The third kappa shape index (κ3) is 3.41. The van der Waals surface area contributed by atoms with Gasteiger partial charge in [0.15, 0.2) is 0 Å². The molecule has 2 aromatic heterocycles. The van der Waals surface area contributed by atoms with Crippen LogP contribution in [0.5, 0.6) is 0 Å². The summed E-state index contributed by atoms with van der Waals surface area (Å²) in [4.78, 5) is 20.8. The molecule has 20 heavy (non-hydrogen) atoms. The fourth-order valence-corrected chi connectivity index (χ4v) is 1.78. The second kappa shape index (κ2) is 5.41. The molecule has 4 nitrogen and oxygen atoms in total. The van der Waals surface area contributed by atoms with Gasteiger partial charge in [0, 0.05) is 28.6 Å². The van der Waals surface area contributed by atoms with Gasteiger partial charge in [-0.3, -0.25) is 9.78 Å². The maximum atomic E-state index is 12.2. The Morgan fingerprint density at radius 3 is 2.60 bits per heavy atom. The van der Waals surface area contributed by atoms with Gasteiger partial charge in [0.1, 0.15) is 5.82 Å². The van der Waals surface area contributed by atoms with Crippen LogP contribution < -0.4 is 5.32 Å². The van der Waals surface area contributed by atoms with Crippen molar-refractivity contribution in [3.63, 3.8) is 0 Å². The van der Waals surface area contributed by atoms with E-state index in [1.165, 1.54) is 0 Å². The summed E-state index contributed by atoms with van der Waals surface area (Å²) in [5.41, 5.74) is 2.27. The second-order valence-corrected chi connectivity index (χ2v) is 5.80. The normalized spacial score (nSPS) is 11.2. The standard InChI is InChI=1S/C16H19N3O/c1-11-6-5-7-14(18-11)19-15(20)12-8-9-17-13(10-12)16(2,3)4/h5-10H,1-4H3,(H,18,19,20). The molecule has 0 atom stereocenters. The zero-order valence-corrected chi connectivity index (χ0v) is 12.3. The van der Waals surface area contributed by atoms with E-state index in [1.54, 1.807) is 18.3 Å². The number of pyridine rings is 2. The average molecular weight is 269 g/mol. The lowest BCUT2D eigenvalue weighted by Gasteiger charge is -2.18. The molecule has 0 aliphatic heterocycles. The zero-order valence-electron chi connectivity index (χ0n) is 12.3. The molecular weight excluding hydrogens is 250 g/mol. The summed E-state index contributed by atoms with van der Waals surface area (Å²) in [6.45, 7) is 8.09. The van der Waals surface area contributed by atoms with Gasteiger partial charge in [-0.1, -0.05) is 26.8 Å². The number of aryl methyl sites for hydroxylation is 1. The Balaban J connectivity index is 2.22. The van der Waals surface area contributed by atoms with E-state index >= 15 is 0 Å². The van der Waals surface area contributed by atoms with Crippen LogP contribution in [0.3, 0.4) is 0 Å². The summed E-state index contributed by atoms with van der Waals surface area (Å²) < 4.78 is 0. The van der Waals surface area contributed by atoms with Crippen molar-refractivity contribution in [2.75, 3.05) is 5.32 Å². The number of rotatable bonds is 2. The molecule has 0 aromatic carbocycles. The fraction of sp³-hybridized carbons (Fsp3) is 0.312. The monoisotopic (exact) mass is 269 g/mol. The minimum atomic E-state index is -0.170. The first kappa shape index (κ1) is 14.2. The highest BCUT2D eigenvalue weighted by Gasteiger charge is 2.17. The number of nitrogens with one attached hydrogen (secondary N) is 1. The Bertz CT molecular complexity index is 630. The largest absolute Gasteiger partial charge is 0.307 e. The minimum Gasteiger partial charge on any atom is -0.307 e. The predicted octanol–water partition coefficient (Wildman–Crippen LogP) is 3.33. The van der Waals surface area contributed by atoms with Gasteiger partial charge in [-0.15, -0.1) is 0 Å². The molecule has 104 valence electrons. The zero-order chi connectivity index (χ0) is 14.8. The van der Waals surface area contributed by atoms with Crippen molar-refractivity contribution in [2.24, 2.45) is 0 Å². The molecule has 0 spiro atoms. The van der Waals surface area contributed by atoms with Crippen molar-refractivity contribution in [3.05, 3.63) is 53.5 Å². The van der Waals surface area contributed by atoms with E-state index in [0.717, 1.165) is 11.4 Å². The van der Waals surface area contributed by atoms with E-state index in [1.807, 2.05) is 25.1 Å². The highest BCUT2D eigenvalue weighted by molar-refractivity contribution is 6.03. The first-order valence-electron chi connectivity index (χ1n) is 6.58. The predicted molar refractivity (Wildman–Crippen MR) is 79.9 cm³/mol. The third-order valence-electron chi connectivity index (χ3n) is 2.92. The van der Waals surface area contributed by atoms with Gasteiger partial charge < -0.3 is 5.32 Å². The lowest BCUT2D eigenvalue weighted by Crippen LogP contribution is -2.17. The van der Waals surface area contributed by atoms with E-state index in [0.29, 0.717) is 11.4 Å². The van der Waals surface area contributed by atoms with Crippen LogP contribution in [0.1, 0.15) is 42.5 Å². The number of hydrogen-bond acceptors (Lipinski definition) is 3. The Morgan fingerprint density at radius 2 is 1.95 bits per heavy atom. The van der Waals surface area contributed by atoms with Crippen LogP contribution in [0.15, 0.2) is 36.5 Å². The molecule has 1 N–H and O–H groups in total. The van der Waals surface area contributed by atoms with Crippen LogP contribution in [-0.2, 0) is 5.41 Å². The minimum absolute atomic E-state index is 0.0854. The molecule has 0 saturated carbocycles. The second-order valence-electron chi connectivity index (χ2n) is 5.80. The lowest BCUT2D eigenvalue weighted by molar-refractivity contribution is 0.102. The first-order chi connectivity index (χ1) is 9.36. The summed E-state index contributed by atoms with van der Waals surface area (Å²) in [7, 11) is 0. The molecular formula is C16H19N3O. The summed E-state index contributed by atoms with van der Waals surface area (Å²) in [5, 5.41) is 2.80. The van der Waals surface area contributed by atoms with Crippen LogP contribution in [0.25, 0.3) is 0 Å². The highest BCUT2D eigenvalue weighted by atomic mass is 16.1. The maximum Gasteiger partial charge on any atom is 0.256 e. The highest BCUT2D eigenvalue weighted by Crippen LogP contribution is 2.20. The number of nitrogens with zero attached hydrogens (tertiary/aromatic N) is 2. The van der Waals surface area contributed by atoms with Crippen LogP contribution in [0, 0.1) is 6.92 Å². The number of hydrogen-bond donors (Lipinski definition) is 1. The Hall–Kier alpha value is -2.23. The Morgan fingerprint density at radius 1 is 1.20 bits per heavy atom. The number of anilines is 1. The maximum absolute atomic E-state index is 12.2. The van der Waals surface area contributed by atoms with Crippen LogP contribution in [-0.4, -0.2) is 15.9 Å². The Labute approximate surface area is 119 Å². The molecule has 0 unspecified atom stereocenters. The van der Waals surface area contributed by atoms with Gasteiger partial charge in [-0.05, 0) is 31.2 Å². The van der Waals surface area contributed by atoms with Crippen molar-refractivity contribution >= 4 is 11.7 Å². The molecule has 2 aromatic rings. The molecule has 1 amide bonds. The number of carbonyl (C=O) groups excluding carboxylic acids is 1. The lowest BCUT2D eigenvalue weighted by atomic mass is 9.91. The Kier molecular flexibility index (Phi) is 3.84. The average Bonchev–Trinajstić information content (AvgIpc) is 2.38. The van der Waals surface area contributed by atoms with Crippen molar-refractivity contribution in [3.8, 4) is 0 Å². The molecule has 0 radical (unpaired) electrons. The SMILES string of the molecule is Cc1cccc(NC(=O)c2ccnc(C(C)(C)C)c2)n1. The first-order valence-corrected chi connectivity index (χ1v) is 6.58. The van der Waals surface area contributed by atoms with E-state index in [9.17, 15) is 4.79 Å². The third-order valence-corrected chi connectivity index (χ3v) is 2.92. The summed E-state index contributed by atoms with van der Waals surface area (Å²) in [5.74, 6) is 0.389. The van der Waals surface area contributed by atoms with Crippen LogP contribution in [0.2, 0.25) is 0 Å². The summed E-state index contributed by atoms with van der Waals surface area (Å²) in [6, 6.07) is 9.06. The fourth-order valence-electron chi connectivity index (χ4n) is 1.78. The van der Waals surface area contributed by atoms with Crippen molar-refractivity contribution < 1.29 is 4.79 Å². The number of amides is 1. The van der Waals surface area contributed by atoms with Crippen molar-refractivity contribution in [2.45, 2.75) is 33.1 Å². The van der Waals surface area contributed by atoms with Gasteiger partial charge in [0.05, 0.1) is 0 Å². The molecule has 0 fully saturated rings. The van der Waals surface area contributed by atoms with Crippen molar-refractivity contribution in [1.82, 2.24) is 9.97 Å². The topological polar surface area (TPSA) is 54.9 Å². The van der Waals surface area contributed by atoms with Gasteiger partial charge in [-0.25, -0.2) is 4.98 Å². The number of carbonyl (C=O) groups is 1. The van der Waals surface area contributed by atoms with Crippen LogP contribution in [0.4, 0.5) is 5.82 Å². The molecule has 0 aliphatic carbocycles. The molecule has 0 saturated heterocycles. The molecule has 2 rings (SSSR count). The van der Waals surface area contributed by atoms with Gasteiger partial charge in [-0.2, -0.15) is 0 Å². The summed E-state index contributed by atoms with van der Waals surface area (Å²) >= 11 is 0. The van der Waals surface area contributed by atoms with E-state index in [2.05, 4.69) is 36.1 Å². The van der Waals surface area contributed by atoms with Gasteiger partial charge in [0.2, 0.25) is 0 Å². The smallest absolute Gasteiger partial charge is 0.256 e. The molecule has 4 heteroatoms. The molecule has 0 aliphatic rings. The van der Waals surface area contributed by atoms with E-state index in [-0.39, 0.29) is 11.3 Å². The molecule has 2 heterocycles. The van der Waals surface area contributed by atoms with Gasteiger partial charge >= 0.3 is 0 Å². The summed E-state index contributed by atoms with van der Waals surface area (Å²) in [6.07, 6.45) is 1.67. The number of aromatic nitrogens is 2. The van der Waals surface area contributed by atoms with E-state index in [4.69, 9.17) is 0 Å². The van der Waals surface area contributed by atoms with Gasteiger partial charge in [0.25, 0.3) is 5.91 Å².